The Morgan fingerprint density at radius 2 is 1.95 bits per heavy atom. The number of carbonyl (C=O) groups is 2. The number of rotatable bonds is 6. The molecule has 3 aliphatic rings. The summed E-state index contributed by atoms with van der Waals surface area (Å²) in [5.74, 6) is -0.499. The van der Waals surface area contributed by atoms with Gasteiger partial charge in [0.2, 0.25) is 12.4 Å². The van der Waals surface area contributed by atoms with Crippen LogP contribution in [-0.2, 0) is 25.0 Å². The molecule has 2 fully saturated rings. The van der Waals surface area contributed by atoms with Crippen molar-refractivity contribution in [3.63, 3.8) is 0 Å². The van der Waals surface area contributed by atoms with Gasteiger partial charge in [-0.3, -0.25) is 9.59 Å². The Labute approximate surface area is 234 Å². The van der Waals surface area contributed by atoms with Gasteiger partial charge in [-0.05, 0) is 36.8 Å². The molecule has 3 aliphatic heterocycles. The number of aliphatic hydroxyl groups is 1. The SMILES string of the molecule is [B][B]S(=O)(=O)N1CCC(C)(C)C1C(=O)N1CC(O)CC1C1=NC(C)(c2ccc(-c3scnc3C)cc2)C(=O)N1. The fourth-order valence-electron chi connectivity index (χ4n) is 5.77. The number of aryl methyl sites for hydroxylation is 1. The van der Waals surface area contributed by atoms with Gasteiger partial charge in [-0.2, -0.15) is 4.31 Å². The molecule has 1 aromatic heterocycles. The highest BCUT2D eigenvalue weighted by molar-refractivity contribution is 8.17. The Hall–Kier alpha value is -2.54. The molecule has 2 amide bonds. The summed E-state index contributed by atoms with van der Waals surface area (Å²) in [4.78, 5) is 38.7. The third-order valence-corrected chi connectivity index (χ3v) is 10.5. The van der Waals surface area contributed by atoms with Gasteiger partial charge in [0.25, 0.3) is 5.91 Å². The predicted octanol–water partition coefficient (Wildman–Crippen LogP) is 0.957. The van der Waals surface area contributed by atoms with Gasteiger partial charge in [0.15, 0.2) is 5.54 Å². The van der Waals surface area contributed by atoms with E-state index in [4.69, 9.17) is 12.7 Å². The van der Waals surface area contributed by atoms with Crippen LogP contribution in [0.2, 0.25) is 0 Å². The van der Waals surface area contributed by atoms with Gasteiger partial charge in [-0.25, -0.2) is 18.4 Å². The first kappa shape index (κ1) is 28.0. The maximum Gasteiger partial charge on any atom is 0.257 e. The van der Waals surface area contributed by atoms with Crippen molar-refractivity contribution in [1.29, 1.82) is 0 Å². The van der Waals surface area contributed by atoms with Crippen LogP contribution >= 0.6 is 11.3 Å². The van der Waals surface area contributed by atoms with Crippen molar-refractivity contribution in [2.45, 2.75) is 64.3 Å². The molecule has 39 heavy (non-hydrogen) atoms. The first-order chi connectivity index (χ1) is 18.3. The van der Waals surface area contributed by atoms with Gasteiger partial charge in [-0.15, -0.1) is 11.3 Å². The van der Waals surface area contributed by atoms with E-state index in [1.165, 1.54) is 4.90 Å². The van der Waals surface area contributed by atoms with Crippen LogP contribution in [0.1, 0.15) is 44.9 Å². The second-order valence-corrected chi connectivity index (χ2v) is 13.8. The summed E-state index contributed by atoms with van der Waals surface area (Å²) in [5, 5.41) is 13.4. The lowest BCUT2D eigenvalue weighted by atomic mass is 9.79. The molecule has 10 nitrogen and oxygen atoms in total. The van der Waals surface area contributed by atoms with E-state index < -0.39 is 44.9 Å². The molecule has 0 spiro atoms. The molecule has 4 unspecified atom stereocenters. The monoisotopic (exact) mass is 566 g/mol. The van der Waals surface area contributed by atoms with Gasteiger partial charge >= 0.3 is 0 Å². The number of nitrogens with zero attached hydrogens (tertiary/aromatic N) is 4. The number of thiazole rings is 1. The normalized spacial score (nSPS) is 28.9. The van der Waals surface area contributed by atoms with Crippen molar-refractivity contribution in [3.05, 3.63) is 41.0 Å². The lowest BCUT2D eigenvalue weighted by molar-refractivity contribution is -0.137. The molecular weight excluding hydrogens is 536 g/mol. The number of hydrogen-bond donors (Lipinski definition) is 2. The molecule has 0 saturated carbocycles. The van der Waals surface area contributed by atoms with Crippen LogP contribution in [0.3, 0.4) is 0 Å². The fourth-order valence-corrected chi connectivity index (χ4v) is 7.76. The molecule has 3 radical (unpaired) electrons. The highest BCUT2D eigenvalue weighted by Gasteiger charge is 2.54. The van der Waals surface area contributed by atoms with Gasteiger partial charge in [0, 0.05) is 27.2 Å². The largest absolute Gasteiger partial charge is 0.391 e. The summed E-state index contributed by atoms with van der Waals surface area (Å²) < 4.78 is 26.5. The summed E-state index contributed by atoms with van der Waals surface area (Å²) in [6, 6.07) is 5.88. The maximum atomic E-state index is 13.9. The van der Waals surface area contributed by atoms with E-state index in [-0.39, 0.29) is 31.3 Å². The molecule has 14 heteroatoms. The highest BCUT2D eigenvalue weighted by Crippen LogP contribution is 2.40. The lowest BCUT2D eigenvalue weighted by Gasteiger charge is -2.36. The smallest absolute Gasteiger partial charge is 0.257 e. The summed E-state index contributed by atoms with van der Waals surface area (Å²) in [6.07, 6.45) is 0.416. The van der Waals surface area contributed by atoms with Crippen molar-refractivity contribution >= 4 is 53.0 Å². The number of aliphatic hydroxyl groups excluding tert-OH is 1. The zero-order valence-electron chi connectivity index (χ0n) is 22.3. The van der Waals surface area contributed by atoms with Crippen molar-refractivity contribution < 1.29 is 23.1 Å². The maximum absolute atomic E-state index is 13.9. The number of nitrogens with one attached hydrogen (secondary N) is 1. The van der Waals surface area contributed by atoms with Gasteiger partial charge in [-0.1, -0.05) is 38.1 Å². The predicted molar refractivity (Wildman–Crippen MR) is 151 cm³/mol. The molecule has 2 saturated heterocycles. The number of carbonyl (C=O) groups excluding carboxylic acids is 2. The van der Waals surface area contributed by atoms with Crippen molar-refractivity contribution in [2.75, 3.05) is 13.1 Å². The van der Waals surface area contributed by atoms with Crippen LogP contribution in [0.5, 0.6) is 0 Å². The number of likely N-dealkylation sites (tertiary alicyclic amines) is 1. The number of amidine groups is 1. The minimum Gasteiger partial charge on any atom is -0.391 e. The first-order valence-corrected chi connectivity index (χ1v) is 15.1. The van der Waals surface area contributed by atoms with Crippen LogP contribution in [0.15, 0.2) is 34.8 Å². The van der Waals surface area contributed by atoms with Crippen molar-refractivity contribution in [1.82, 2.24) is 19.5 Å². The van der Waals surface area contributed by atoms with Crippen LogP contribution in [0, 0.1) is 12.3 Å². The van der Waals surface area contributed by atoms with Crippen molar-refractivity contribution in [2.24, 2.45) is 10.4 Å². The number of aromatic nitrogens is 1. The zero-order valence-corrected chi connectivity index (χ0v) is 23.9. The Kier molecular flexibility index (Phi) is 7.06. The van der Waals surface area contributed by atoms with E-state index in [0.29, 0.717) is 18.4 Å². The molecule has 2 aromatic rings. The third kappa shape index (κ3) is 4.75. The van der Waals surface area contributed by atoms with Crippen molar-refractivity contribution in [3.8, 4) is 10.4 Å². The molecule has 5 rings (SSSR count). The molecule has 4 heterocycles. The van der Waals surface area contributed by atoms with Gasteiger partial charge < -0.3 is 15.3 Å². The van der Waals surface area contributed by atoms with Crippen LogP contribution < -0.4 is 5.32 Å². The summed E-state index contributed by atoms with van der Waals surface area (Å²) >= 11 is 1.54. The van der Waals surface area contributed by atoms with Crippen LogP contribution in [-0.4, -0.2) is 90.8 Å². The van der Waals surface area contributed by atoms with Crippen LogP contribution in [0.25, 0.3) is 10.4 Å². The van der Waals surface area contributed by atoms with E-state index in [0.717, 1.165) is 20.4 Å². The molecule has 203 valence electrons. The molecule has 0 bridgehead atoms. The van der Waals surface area contributed by atoms with Gasteiger partial charge in [0.1, 0.15) is 21.8 Å². The lowest BCUT2D eigenvalue weighted by Crippen LogP contribution is -2.56. The number of hydrogen-bond acceptors (Lipinski definition) is 8. The Morgan fingerprint density at radius 3 is 2.56 bits per heavy atom. The molecule has 1 aromatic carbocycles. The highest BCUT2D eigenvalue weighted by atomic mass is 32.2. The average Bonchev–Trinajstić information content (AvgIpc) is 3.64. The molecule has 4 atom stereocenters. The second-order valence-electron chi connectivity index (χ2n) is 11.2. The van der Waals surface area contributed by atoms with Crippen LogP contribution in [0.4, 0.5) is 0 Å². The quantitative estimate of drug-likeness (QED) is 0.501. The molecular formula is C25H30B2N5O5S2. The number of β-amino-alcohol motifs (C(OH)–C–C–N with tert-alkyl or cyclic N) is 1. The number of benzene rings is 1. The number of aliphatic imine (C=N–C) groups is 1. The van der Waals surface area contributed by atoms with E-state index in [1.54, 1.807) is 23.8 Å². The molecule has 0 aliphatic carbocycles. The van der Waals surface area contributed by atoms with E-state index in [1.807, 2.05) is 45.0 Å². The topological polar surface area (TPSA) is 132 Å². The van der Waals surface area contributed by atoms with Gasteiger partial charge in [0.05, 0.1) is 28.2 Å². The minimum absolute atomic E-state index is 0.00477. The van der Waals surface area contributed by atoms with E-state index in [2.05, 4.69) is 10.3 Å². The molecule has 2 N–H and O–H groups in total. The first-order valence-electron chi connectivity index (χ1n) is 12.8. The summed E-state index contributed by atoms with van der Waals surface area (Å²) in [6.45, 7) is 7.50. The summed E-state index contributed by atoms with van der Waals surface area (Å²) in [5.41, 5.74) is 2.52. The van der Waals surface area contributed by atoms with E-state index >= 15 is 0 Å². The average molecular weight is 566 g/mol. The Morgan fingerprint density at radius 1 is 1.26 bits per heavy atom. The Balaban J connectivity index is 1.45. The standard InChI is InChI=1S/C25H30B2N5O5S2/c1-14-19(38-13-28-14)15-5-7-16(8-6-15)25(4)23(35)29-21(30-25)18-11-17(33)12-31(18)22(34)20-24(2,3)9-10-32(20)39(36,37)27-26/h5-8,13,17-18,20,33H,9-12H2,1-4H3,(H,29,30,35). The zero-order chi connectivity index (χ0) is 28.3. The Bertz CT molecular complexity index is 1440. The third-order valence-electron chi connectivity index (χ3n) is 8.10. The summed E-state index contributed by atoms with van der Waals surface area (Å²) in [7, 11) is 1.44. The minimum atomic E-state index is -3.96. The van der Waals surface area contributed by atoms with E-state index in [9.17, 15) is 23.1 Å². The number of amides is 2. The second kappa shape index (κ2) is 9.83. The fraction of sp³-hybridized carbons (Fsp3) is 0.520.